The van der Waals surface area contributed by atoms with Crippen molar-refractivity contribution in [3.05, 3.63) is 23.3 Å². The molecular formula is C33H54O4. The molecule has 0 aromatic rings. The molecule has 0 radical (unpaired) electrons. The van der Waals surface area contributed by atoms with Gasteiger partial charge in [-0.15, -0.1) is 0 Å². The van der Waals surface area contributed by atoms with Crippen molar-refractivity contribution in [2.75, 3.05) is 13.7 Å². The van der Waals surface area contributed by atoms with Gasteiger partial charge in [0.25, 0.3) is 0 Å². The van der Waals surface area contributed by atoms with Gasteiger partial charge in [0, 0.05) is 13.0 Å². The Bertz CT molecular complexity index is 824. The Balaban J connectivity index is 1.42. The number of esters is 1. The molecule has 3 fully saturated rings. The Morgan fingerprint density at radius 3 is 2.76 bits per heavy atom. The molecule has 1 saturated heterocycles. The minimum absolute atomic E-state index is 0.0288. The van der Waals surface area contributed by atoms with Gasteiger partial charge in [0.05, 0.1) is 13.2 Å². The summed E-state index contributed by atoms with van der Waals surface area (Å²) in [5.41, 5.74) is 3.93. The first-order chi connectivity index (χ1) is 17.8. The van der Waals surface area contributed by atoms with E-state index in [-0.39, 0.29) is 12.3 Å². The maximum atomic E-state index is 11.4. The summed E-state index contributed by atoms with van der Waals surface area (Å²) in [4.78, 5) is 11.4. The van der Waals surface area contributed by atoms with Gasteiger partial charge >= 0.3 is 5.97 Å². The quantitative estimate of drug-likeness (QED) is 0.166. The Labute approximate surface area is 227 Å². The third-order valence-corrected chi connectivity index (χ3v) is 10.6. The fourth-order valence-electron chi connectivity index (χ4n) is 8.67. The zero-order chi connectivity index (χ0) is 26.5. The summed E-state index contributed by atoms with van der Waals surface area (Å²) in [6.45, 7) is 10.7. The Morgan fingerprint density at radius 2 is 2.03 bits per heavy atom. The van der Waals surface area contributed by atoms with Crippen LogP contribution in [-0.4, -0.2) is 32.1 Å². The Hall–Kier alpha value is -1.13. The van der Waals surface area contributed by atoms with E-state index < -0.39 is 0 Å². The number of carbonyl (C=O) groups is 1. The number of hydrogen-bond acceptors (Lipinski definition) is 4. The highest BCUT2D eigenvalue weighted by molar-refractivity contribution is 5.69. The smallest absolute Gasteiger partial charge is 0.305 e. The largest absolute Gasteiger partial charge is 0.469 e. The van der Waals surface area contributed by atoms with Crippen LogP contribution >= 0.6 is 0 Å². The number of ether oxygens (including phenoxy) is 3. The summed E-state index contributed by atoms with van der Waals surface area (Å²) in [5.74, 6) is 2.31. The van der Waals surface area contributed by atoms with Gasteiger partial charge in [-0.3, -0.25) is 4.79 Å². The van der Waals surface area contributed by atoms with E-state index in [1.54, 1.807) is 5.57 Å². The average Bonchev–Trinajstić information content (AvgIpc) is 2.89. The molecule has 1 aliphatic heterocycles. The standard InChI is InChI=1S/C33H54O4/c1-6-11-28-27-16-15-25-22-26(37-31-14-9-10-21-36-31)17-20-33(25,4)29(27)18-19-32(28,3)23-24(2)12-7-8-13-30(34)35-5/h12,15,26-29,31H,6-11,13-14,16-23H2,1-5H3/b24-12+/t26-,27-,28-,29-,31?,32+,33-/m0/s1. The summed E-state index contributed by atoms with van der Waals surface area (Å²) >= 11 is 0. The first kappa shape index (κ1) is 28.9. The second-order valence-corrected chi connectivity index (χ2v) is 13.2. The van der Waals surface area contributed by atoms with Gasteiger partial charge in [-0.1, -0.05) is 50.5 Å². The average molecular weight is 515 g/mol. The molecule has 0 spiro atoms. The van der Waals surface area contributed by atoms with Crippen LogP contribution in [0.2, 0.25) is 0 Å². The van der Waals surface area contributed by atoms with Crippen LogP contribution in [0.4, 0.5) is 0 Å². The van der Waals surface area contributed by atoms with Gasteiger partial charge in [0.2, 0.25) is 0 Å². The highest BCUT2D eigenvalue weighted by Crippen LogP contribution is 2.63. The number of unbranched alkanes of at least 4 members (excludes halogenated alkanes) is 1. The normalized spacial score (nSPS) is 38.4. The van der Waals surface area contributed by atoms with Crippen LogP contribution < -0.4 is 0 Å². The molecule has 0 bridgehead atoms. The van der Waals surface area contributed by atoms with E-state index >= 15 is 0 Å². The lowest BCUT2D eigenvalue weighted by Gasteiger charge is -2.59. The molecule has 0 aromatic carbocycles. The molecule has 4 aliphatic rings. The van der Waals surface area contributed by atoms with Crippen molar-refractivity contribution in [2.24, 2.45) is 28.6 Å². The van der Waals surface area contributed by atoms with Gasteiger partial charge in [-0.25, -0.2) is 0 Å². The molecule has 4 nitrogen and oxygen atoms in total. The molecule has 2 saturated carbocycles. The van der Waals surface area contributed by atoms with Crippen LogP contribution in [-0.2, 0) is 19.0 Å². The molecule has 3 aliphatic carbocycles. The number of hydrogen-bond donors (Lipinski definition) is 0. The molecule has 7 atom stereocenters. The fourth-order valence-corrected chi connectivity index (χ4v) is 8.67. The van der Waals surface area contributed by atoms with Crippen LogP contribution in [0, 0.1) is 28.6 Å². The fraction of sp³-hybridized carbons (Fsp3) is 0.848. The van der Waals surface area contributed by atoms with Crippen molar-refractivity contribution < 1.29 is 19.0 Å². The molecule has 1 heterocycles. The molecule has 4 rings (SSSR count). The minimum atomic E-state index is -0.0968. The van der Waals surface area contributed by atoms with E-state index in [0.717, 1.165) is 50.0 Å². The SMILES string of the molecule is CCC[C@H]1[C@@H]2CC=C3C[C@@H](OC4CCCCO4)CC[C@]3(C)[C@H]2CC[C@]1(C)C/C(C)=C/CCCC(=O)OC. The van der Waals surface area contributed by atoms with Crippen LogP contribution in [0.3, 0.4) is 0 Å². The summed E-state index contributed by atoms with van der Waals surface area (Å²) in [6, 6.07) is 0. The van der Waals surface area contributed by atoms with Crippen LogP contribution in [0.5, 0.6) is 0 Å². The van der Waals surface area contributed by atoms with Gasteiger partial charge < -0.3 is 14.2 Å². The number of methoxy groups -OCH3 is 1. The first-order valence-electron chi connectivity index (χ1n) is 15.5. The molecule has 1 unspecified atom stereocenters. The maximum Gasteiger partial charge on any atom is 0.305 e. The van der Waals surface area contributed by atoms with E-state index in [4.69, 9.17) is 14.2 Å². The van der Waals surface area contributed by atoms with Gasteiger partial charge in [0.1, 0.15) is 0 Å². The van der Waals surface area contributed by atoms with Crippen molar-refractivity contribution >= 4 is 5.97 Å². The highest BCUT2D eigenvalue weighted by atomic mass is 16.7. The Morgan fingerprint density at radius 1 is 1.19 bits per heavy atom. The molecule has 0 amide bonds. The van der Waals surface area contributed by atoms with E-state index in [9.17, 15) is 4.79 Å². The van der Waals surface area contributed by atoms with Crippen molar-refractivity contribution in [3.63, 3.8) is 0 Å². The molecule has 37 heavy (non-hydrogen) atoms. The third kappa shape index (κ3) is 6.72. The van der Waals surface area contributed by atoms with E-state index in [1.807, 2.05) is 0 Å². The molecular weight excluding hydrogens is 460 g/mol. The summed E-state index contributed by atoms with van der Waals surface area (Å²) in [6.07, 6.45) is 22.6. The minimum Gasteiger partial charge on any atom is -0.469 e. The number of fused-ring (bicyclic) bond motifs is 3. The maximum absolute atomic E-state index is 11.4. The lowest BCUT2D eigenvalue weighted by molar-refractivity contribution is -0.195. The van der Waals surface area contributed by atoms with Crippen molar-refractivity contribution in [2.45, 2.75) is 136 Å². The van der Waals surface area contributed by atoms with Crippen LogP contribution in [0.15, 0.2) is 23.3 Å². The van der Waals surface area contributed by atoms with Crippen LogP contribution in [0.25, 0.3) is 0 Å². The van der Waals surface area contributed by atoms with Crippen molar-refractivity contribution in [1.29, 1.82) is 0 Å². The number of rotatable bonds is 10. The van der Waals surface area contributed by atoms with Crippen molar-refractivity contribution in [3.8, 4) is 0 Å². The summed E-state index contributed by atoms with van der Waals surface area (Å²) < 4.78 is 17.2. The predicted octanol–water partition coefficient (Wildman–Crippen LogP) is 8.55. The predicted molar refractivity (Wildman–Crippen MR) is 150 cm³/mol. The van der Waals surface area contributed by atoms with Gasteiger partial charge in [-0.05, 0) is 119 Å². The van der Waals surface area contributed by atoms with Gasteiger partial charge in [0.15, 0.2) is 6.29 Å². The topological polar surface area (TPSA) is 44.8 Å². The molecule has 4 heteroatoms. The molecule has 0 aromatic heterocycles. The highest BCUT2D eigenvalue weighted by Gasteiger charge is 2.54. The van der Waals surface area contributed by atoms with Gasteiger partial charge in [-0.2, -0.15) is 0 Å². The molecule has 0 N–H and O–H groups in total. The molecule has 210 valence electrons. The lowest BCUT2D eigenvalue weighted by atomic mass is 9.46. The Kier molecular flexibility index (Phi) is 10.00. The summed E-state index contributed by atoms with van der Waals surface area (Å²) in [7, 11) is 1.48. The lowest BCUT2D eigenvalue weighted by Crippen LogP contribution is -2.51. The van der Waals surface area contributed by atoms with E-state index in [1.165, 1.54) is 76.9 Å². The van der Waals surface area contributed by atoms with Crippen LogP contribution in [0.1, 0.15) is 124 Å². The zero-order valence-electron chi connectivity index (χ0n) is 24.5. The monoisotopic (exact) mass is 514 g/mol. The summed E-state index contributed by atoms with van der Waals surface area (Å²) in [5, 5.41) is 0. The third-order valence-electron chi connectivity index (χ3n) is 10.6. The van der Waals surface area contributed by atoms with E-state index in [2.05, 4.69) is 39.8 Å². The second-order valence-electron chi connectivity index (χ2n) is 13.2. The second kappa shape index (κ2) is 12.8. The van der Waals surface area contributed by atoms with Crippen molar-refractivity contribution in [1.82, 2.24) is 0 Å². The number of allylic oxidation sites excluding steroid dienone is 3. The first-order valence-corrected chi connectivity index (χ1v) is 15.5. The van der Waals surface area contributed by atoms with E-state index in [0.29, 0.717) is 23.4 Å². The zero-order valence-corrected chi connectivity index (χ0v) is 24.5. The number of carbonyl (C=O) groups excluding carboxylic acids is 1.